The first-order valence-electron chi connectivity index (χ1n) is 38.9. The van der Waals surface area contributed by atoms with Crippen LogP contribution in [0.4, 0.5) is 0 Å². The molecule has 0 fully saturated rings. The van der Waals surface area contributed by atoms with Gasteiger partial charge in [0.2, 0.25) is 88.6 Å². The van der Waals surface area contributed by atoms with Gasteiger partial charge in [0.25, 0.3) is 0 Å². The van der Waals surface area contributed by atoms with Crippen LogP contribution in [-0.4, -0.2) is 243 Å². The minimum atomic E-state index is -2.06. The fourth-order valence-electron chi connectivity index (χ4n) is 12.9. The molecule has 660 valence electrons. The normalized spacial score (nSPS) is 14.5. The molecule has 0 saturated heterocycles. The van der Waals surface area contributed by atoms with E-state index in [9.17, 15) is 112 Å². The van der Waals surface area contributed by atoms with Gasteiger partial charge in [-0.3, -0.25) is 86.3 Å². The number of aromatic hydroxyl groups is 1. The van der Waals surface area contributed by atoms with Crippen LogP contribution in [0.5, 0.6) is 5.75 Å². The molecule has 42 nitrogen and oxygen atoms in total. The zero-order valence-corrected chi connectivity index (χ0v) is 68.7. The van der Waals surface area contributed by atoms with Crippen LogP contribution < -0.4 is 80.6 Å². The Labute approximate surface area is 703 Å². The number of carboxylic acids is 3. The van der Waals surface area contributed by atoms with E-state index in [2.05, 4.69) is 102 Å². The van der Waals surface area contributed by atoms with Crippen molar-refractivity contribution >= 4 is 141 Å². The van der Waals surface area contributed by atoms with Gasteiger partial charge >= 0.3 is 17.9 Å². The summed E-state index contributed by atoms with van der Waals surface area (Å²) in [6, 6.07) is -3.63. The van der Waals surface area contributed by atoms with Crippen LogP contribution in [0.1, 0.15) is 116 Å². The van der Waals surface area contributed by atoms with Crippen molar-refractivity contribution in [1.82, 2.24) is 89.1 Å². The number of aliphatic carboxylic acids is 3. The Bertz CT molecular complexity index is 4740. The molecule has 6 rings (SSSR count). The number of hydrogen-bond acceptors (Lipinski definition) is 22. The molecule has 0 unspecified atom stereocenters. The molecule has 3 aromatic heterocycles. The largest absolute Gasteiger partial charge is 0.508 e. The van der Waals surface area contributed by atoms with Crippen LogP contribution >= 0.6 is 12.6 Å². The van der Waals surface area contributed by atoms with E-state index < -0.39 is 267 Å². The van der Waals surface area contributed by atoms with E-state index in [0.717, 1.165) is 0 Å². The molecule has 15 amide bonds. The van der Waals surface area contributed by atoms with E-state index in [1.807, 2.05) is 0 Å². The standard InChI is InChI=1S/C79H105N19O23S/c1-37(2)24-52(70(112)94-58(30-64(107)108)74(116)91-55(75(117)97-65(38(3)4)67(81)109)27-43-32-84-49-15-11-9-13-47(43)49)89-71(113)53(25-41-16-18-45(101)19-17-41)90-69(111)51(21-23-63(105)106)87-68(110)50(20-22-62(103)104)88-72(114)54(26-42-31-83-48-14-10-8-12-46(42)48)92-77(119)59(34-99)95-73(115)57(29-61(80)102)93-78(120)60(35-122)96-79(121)66(39(5)6)98-76(118)56(86-40(7)100)28-44-33-82-36-85-44/h8-19,31-33,36-39,50-60,65-66,83-84,99,101,122H,20-30,34-35H2,1-7H3,(H2,80,102)(H2,81,109)(H,82,85)(H,86,100)(H,87,110)(H,88,114)(H,89,113)(H,90,111)(H,91,116)(H,92,119)(H,93,120)(H,94,112)(H,95,115)(H,96,121)(H,97,117)(H,98,118)(H,103,104)(H,105,106)(H,107,108)/t50-,51-,52-,53-,54-,55-,56-,57-,58-,59-,60-,65-,66-/m0/s1. The van der Waals surface area contributed by atoms with Crippen LogP contribution in [0.25, 0.3) is 21.8 Å². The number of carbonyl (C=O) groups is 18. The monoisotopic (exact) mass is 1720 g/mol. The molecule has 3 aromatic carbocycles. The maximum Gasteiger partial charge on any atom is 0.305 e. The van der Waals surface area contributed by atoms with Gasteiger partial charge in [0, 0.05) is 97.3 Å². The highest BCUT2D eigenvalue weighted by Gasteiger charge is 2.40. The maximum absolute atomic E-state index is 14.9. The van der Waals surface area contributed by atoms with Gasteiger partial charge in [-0.1, -0.05) is 90.1 Å². The van der Waals surface area contributed by atoms with Crippen LogP contribution in [-0.2, 0) is 112 Å². The summed E-state index contributed by atoms with van der Waals surface area (Å²) in [6.07, 6.45) is -1.11. The zero-order chi connectivity index (χ0) is 90.4. The average Bonchev–Trinajstić information content (AvgIpc) is 1.69. The van der Waals surface area contributed by atoms with E-state index >= 15 is 0 Å². The number of carboxylic acid groups (broad SMARTS) is 3. The van der Waals surface area contributed by atoms with Crippen LogP contribution in [0.2, 0.25) is 0 Å². The molecule has 3 heterocycles. The van der Waals surface area contributed by atoms with E-state index in [-0.39, 0.29) is 30.6 Å². The molecule has 0 aliphatic heterocycles. The van der Waals surface area contributed by atoms with E-state index in [4.69, 9.17) is 11.5 Å². The fourth-order valence-corrected chi connectivity index (χ4v) is 13.1. The first-order valence-corrected chi connectivity index (χ1v) is 39.5. The van der Waals surface area contributed by atoms with Crippen LogP contribution in [0.3, 0.4) is 0 Å². The third kappa shape index (κ3) is 30.4. The Morgan fingerprint density at radius 2 is 0.803 bits per heavy atom. The smallest absolute Gasteiger partial charge is 0.305 e. The van der Waals surface area contributed by atoms with E-state index in [1.165, 1.54) is 49.9 Å². The molecule has 25 N–H and O–H groups in total. The Morgan fingerprint density at radius 3 is 1.23 bits per heavy atom. The Kier molecular flexibility index (Phi) is 37.3. The highest BCUT2D eigenvalue weighted by Crippen LogP contribution is 2.23. The second-order valence-corrected chi connectivity index (χ2v) is 30.5. The molecule has 0 aliphatic rings. The zero-order valence-electron chi connectivity index (χ0n) is 67.8. The number of nitrogens with zero attached hydrogens (tertiary/aromatic N) is 1. The molecule has 0 radical (unpaired) electrons. The number of benzene rings is 3. The molecule has 0 saturated carbocycles. The van der Waals surface area contributed by atoms with Crippen molar-refractivity contribution in [1.29, 1.82) is 0 Å². The molecular formula is C79H105N19O23S. The highest BCUT2D eigenvalue weighted by molar-refractivity contribution is 7.80. The lowest BCUT2D eigenvalue weighted by atomic mass is 9.99. The molecule has 0 spiro atoms. The third-order valence-corrected chi connectivity index (χ3v) is 19.6. The number of rotatable bonds is 50. The number of primary amides is 2. The number of nitrogens with one attached hydrogen (secondary N) is 16. The number of para-hydroxylation sites is 2. The predicted molar refractivity (Wildman–Crippen MR) is 438 cm³/mol. The molecule has 122 heavy (non-hydrogen) atoms. The number of phenolic OH excluding ortho intramolecular Hbond substituents is 1. The maximum atomic E-state index is 14.9. The molecular weight excluding hydrogens is 1620 g/mol. The van der Waals surface area contributed by atoms with Gasteiger partial charge in [-0.2, -0.15) is 12.6 Å². The molecule has 6 aromatic rings. The number of aliphatic hydroxyl groups is 1. The SMILES string of the molecule is CC(=O)N[C@@H](Cc1cnc[nH]1)C(=O)N[C@H](C(=O)N[C@@H](CS)C(=O)N[C@@H](CC(N)=O)C(=O)N[C@@H](CO)C(=O)N[C@@H](Cc1c[nH]c2ccccc12)C(=O)N[C@@H](CCC(=O)O)C(=O)N[C@@H](CCC(=O)O)C(=O)N[C@@H](Cc1ccc(O)cc1)C(=O)N[C@@H](CC(C)C)C(=O)N[C@@H](CC(=O)O)C(=O)N[C@@H](Cc1c[nH]c2ccccc12)C(=O)N[C@H](C(N)=O)C(C)C)C(C)C. The van der Waals surface area contributed by atoms with Gasteiger partial charge in [-0.25, -0.2) is 4.98 Å². The van der Waals surface area contributed by atoms with E-state index in [0.29, 0.717) is 38.6 Å². The summed E-state index contributed by atoms with van der Waals surface area (Å²) in [6.45, 7) is 9.51. The first-order chi connectivity index (χ1) is 57.6. The summed E-state index contributed by atoms with van der Waals surface area (Å²) in [7, 11) is 0. The van der Waals surface area contributed by atoms with Crippen molar-refractivity contribution in [3.05, 3.63) is 120 Å². The van der Waals surface area contributed by atoms with Gasteiger partial charge in [-0.15, -0.1) is 0 Å². The number of H-pyrrole nitrogens is 3. The number of aromatic nitrogens is 4. The van der Waals surface area contributed by atoms with Crippen LogP contribution in [0.15, 0.2) is 97.7 Å². The van der Waals surface area contributed by atoms with Crippen LogP contribution in [0, 0.1) is 17.8 Å². The average molecular weight is 1720 g/mol. The van der Waals surface area contributed by atoms with Crippen molar-refractivity contribution in [2.75, 3.05) is 12.4 Å². The number of hydrogen-bond donors (Lipinski definition) is 24. The summed E-state index contributed by atoms with van der Waals surface area (Å²) in [4.78, 5) is 259. The van der Waals surface area contributed by atoms with Crippen molar-refractivity contribution in [2.45, 2.75) is 198 Å². The number of imidazole rings is 1. The van der Waals surface area contributed by atoms with Crippen molar-refractivity contribution in [3.63, 3.8) is 0 Å². The summed E-state index contributed by atoms with van der Waals surface area (Å²) < 4.78 is 0. The molecule has 0 bridgehead atoms. The van der Waals surface area contributed by atoms with Gasteiger partial charge in [0.1, 0.15) is 84.3 Å². The topological polar surface area (TPSA) is 677 Å². The summed E-state index contributed by atoms with van der Waals surface area (Å²) in [5.41, 5.74) is 13.8. The quantitative estimate of drug-likeness (QED) is 0.0165. The van der Waals surface area contributed by atoms with Crippen molar-refractivity contribution in [2.24, 2.45) is 29.2 Å². The molecule has 13 atom stereocenters. The van der Waals surface area contributed by atoms with Gasteiger partial charge in [0.05, 0.1) is 25.8 Å². The number of nitrogens with two attached hydrogens (primary N) is 2. The Balaban J connectivity index is 1.25. The summed E-state index contributed by atoms with van der Waals surface area (Å²) >= 11 is 4.19. The lowest BCUT2D eigenvalue weighted by molar-refractivity contribution is -0.142. The Morgan fingerprint density at radius 1 is 0.418 bits per heavy atom. The minimum absolute atomic E-state index is 0.0609. The second kappa shape index (κ2) is 46.8. The first kappa shape index (κ1) is 97.4. The lowest BCUT2D eigenvalue weighted by Crippen LogP contribution is -2.62. The van der Waals surface area contributed by atoms with Crippen molar-refractivity contribution < 1.29 is 112 Å². The number of carbonyl (C=O) groups excluding carboxylic acids is 15. The number of aromatic amines is 3. The minimum Gasteiger partial charge on any atom is -0.508 e. The van der Waals surface area contributed by atoms with E-state index in [1.54, 1.807) is 96.3 Å². The number of phenols is 1. The van der Waals surface area contributed by atoms with Gasteiger partial charge in [0.15, 0.2) is 0 Å². The highest BCUT2D eigenvalue weighted by atomic mass is 32.1. The lowest BCUT2D eigenvalue weighted by Gasteiger charge is -2.29. The summed E-state index contributed by atoms with van der Waals surface area (Å²) in [5, 5.41) is 83.5. The molecule has 43 heteroatoms. The fraction of sp³-hybridized carbons (Fsp3) is 0.456. The molecule has 0 aliphatic carbocycles. The third-order valence-electron chi connectivity index (χ3n) is 19.2. The summed E-state index contributed by atoms with van der Waals surface area (Å²) in [5.74, 6) is -23.6. The Hall–Kier alpha value is -13.5. The number of amides is 15. The number of fused-ring (bicyclic) bond motifs is 2. The predicted octanol–water partition coefficient (Wildman–Crippen LogP) is -3.48. The van der Waals surface area contributed by atoms with Gasteiger partial charge < -0.3 is 121 Å². The number of thiol groups is 1. The van der Waals surface area contributed by atoms with Crippen molar-refractivity contribution in [3.8, 4) is 5.75 Å². The van der Waals surface area contributed by atoms with Gasteiger partial charge in [-0.05, 0) is 78.0 Å². The number of aliphatic hydroxyl groups excluding tert-OH is 1. The second-order valence-electron chi connectivity index (χ2n) is 30.1.